The van der Waals surface area contributed by atoms with Crippen molar-refractivity contribution < 1.29 is 14.6 Å². The van der Waals surface area contributed by atoms with Crippen LogP contribution in [0.4, 0.5) is 0 Å². The summed E-state index contributed by atoms with van der Waals surface area (Å²) < 4.78 is 5.41. The van der Waals surface area contributed by atoms with Crippen LogP contribution in [0.1, 0.15) is 47.1 Å². The summed E-state index contributed by atoms with van der Waals surface area (Å²) in [5.41, 5.74) is 4.82. The molecule has 0 fully saturated rings. The molecule has 2 aromatic rings. The number of phenols is 1. The van der Waals surface area contributed by atoms with Gasteiger partial charge < -0.3 is 9.84 Å². The molecule has 0 aliphatic carbocycles. The van der Waals surface area contributed by atoms with E-state index in [0.717, 1.165) is 16.7 Å². The molecule has 0 aliphatic rings. The number of Topliss-reactive ketones (excluding diaryl/α,β-unsaturated/α-hetero) is 1. The van der Waals surface area contributed by atoms with Gasteiger partial charge >= 0.3 is 0 Å². The summed E-state index contributed by atoms with van der Waals surface area (Å²) in [4.78, 5) is 13.3. The number of ketones is 1. The Hall–Kier alpha value is -3.67. The molecule has 5 heteroatoms. The third-order valence-electron chi connectivity index (χ3n) is 5.12. The molecule has 0 aromatic heterocycles. The van der Waals surface area contributed by atoms with Crippen molar-refractivity contribution in [3.63, 3.8) is 0 Å². The Kier molecular flexibility index (Phi) is 8.32. The number of aryl methyl sites for hydroxylation is 2. The van der Waals surface area contributed by atoms with Gasteiger partial charge in [0.25, 0.3) is 0 Å². The van der Waals surface area contributed by atoms with E-state index in [4.69, 9.17) is 10.00 Å². The Morgan fingerprint density at radius 2 is 1.94 bits per heavy atom. The molecule has 0 heterocycles. The number of hydrogen-bond acceptors (Lipinski definition) is 5. The predicted molar refractivity (Wildman–Crippen MR) is 120 cm³/mol. The number of carbonyl (C=O) groups is 1. The molecule has 0 bridgehead atoms. The van der Waals surface area contributed by atoms with Gasteiger partial charge in [-0.1, -0.05) is 36.4 Å². The lowest BCUT2D eigenvalue weighted by atomic mass is 9.78. The second-order valence-electron chi connectivity index (χ2n) is 7.36. The fourth-order valence-electron chi connectivity index (χ4n) is 3.53. The first-order valence-electron chi connectivity index (χ1n) is 9.95. The number of ether oxygens (including phenoxy) is 1. The van der Waals surface area contributed by atoms with E-state index in [1.165, 1.54) is 0 Å². The highest BCUT2D eigenvalue weighted by atomic mass is 16.5. The van der Waals surface area contributed by atoms with E-state index >= 15 is 0 Å². The van der Waals surface area contributed by atoms with Crippen LogP contribution in [-0.2, 0) is 9.53 Å². The minimum absolute atomic E-state index is 0.0759. The maximum Gasteiger partial charge on any atom is 0.185 e. The Morgan fingerprint density at radius 3 is 2.55 bits per heavy atom. The molecule has 158 valence electrons. The first-order valence-corrected chi connectivity index (χ1v) is 9.95. The minimum atomic E-state index is -0.572. The first kappa shape index (κ1) is 23.6. The fourth-order valence-corrected chi connectivity index (χ4v) is 3.53. The van der Waals surface area contributed by atoms with Gasteiger partial charge in [-0.15, -0.1) is 0 Å². The number of aromatic hydroxyl groups is 1. The number of hydrogen-bond donors (Lipinski definition) is 1. The van der Waals surface area contributed by atoms with Gasteiger partial charge in [0, 0.05) is 17.1 Å². The van der Waals surface area contributed by atoms with Crippen molar-refractivity contribution in [2.75, 3.05) is 13.2 Å². The third kappa shape index (κ3) is 5.69. The molecule has 2 aromatic carbocycles. The molecule has 2 rings (SSSR count). The number of benzene rings is 2. The molecule has 5 nitrogen and oxygen atoms in total. The van der Waals surface area contributed by atoms with Crippen molar-refractivity contribution in [1.82, 2.24) is 0 Å². The molecule has 0 spiro atoms. The highest BCUT2D eigenvalue weighted by molar-refractivity contribution is 6.00. The van der Waals surface area contributed by atoms with Crippen molar-refractivity contribution in [1.29, 1.82) is 10.5 Å². The number of nitrogens with zero attached hydrogens (tertiary/aromatic N) is 2. The van der Waals surface area contributed by atoms with E-state index in [9.17, 15) is 15.2 Å². The summed E-state index contributed by atoms with van der Waals surface area (Å²) in [6, 6.07) is 14.7. The van der Waals surface area contributed by atoms with Crippen molar-refractivity contribution >= 4 is 5.78 Å². The van der Waals surface area contributed by atoms with Gasteiger partial charge in [-0.05, 0) is 55.7 Å². The molecule has 0 saturated heterocycles. The average molecular weight is 415 g/mol. The van der Waals surface area contributed by atoms with Gasteiger partial charge in [-0.25, -0.2) is 0 Å². The van der Waals surface area contributed by atoms with Gasteiger partial charge in [0.05, 0.1) is 30.7 Å². The van der Waals surface area contributed by atoms with E-state index in [-0.39, 0.29) is 31.2 Å². The van der Waals surface area contributed by atoms with Crippen LogP contribution in [0.3, 0.4) is 0 Å². The quantitative estimate of drug-likeness (QED) is 0.353. The maximum atomic E-state index is 13.3. The van der Waals surface area contributed by atoms with E-state index in [1.54, 1.807) is 37.3 Å². The molecule has 0 radical (unpaired) electrons. The zero-order valence-electron chi connectivity index (χ0n) is 18.1. The van der Waals surface area contributed by atoms with Crippen molar-refractivity contribution in [2.45, 2.75) is 33.1 Å². The molecule has 0 amide bonds. The van der Waals surface area contributed by atoms with Gasteiger partial charge in [0.2, 0.25) is 0 Å². The number of carbonyl (C=O) groups excluding carboxylic acids is 1. The Bertz CT molecular complexity index is 1100. The van der Waals surface area contributed by atoms with Crippen LogP contribution in [0.5, 0.6) is 5.75 Å². The molecule has 1 N–H and O–H groups in total. The van der Waals surface area contributed by atoms with Crippen LogP contribution in [0.25, 0.3) is 0 Å². The highest BCUT2D eigenvalue weighted by Crippen LogP contribution is 2.40. The van der Waals surface area contributed by atoms with Crippen molar-refractivity contribution in [3.05, 3.63) is 88.0 Å². The lowest BCUT2D eigenvalue weighted by molar-refractivity contribution is -0.120. The summed E-state index contributed by atoms with van der Waals surface area (Å²) in [5, 5.41) is 28.7. The number of phenolic OH excluding ortho intramolecular Hbond substituents is 1. The molecule has 31 heavy (non-hydrogen) atoms. The first-order chi connectivity index (χ1) is 14.8. The van der Waals surface area contributed by atoms with E-state index in [0.29, 0.717) is 22.3 Å². The summed E-state index contributed by atoms with van der Waals surface area (Å²) in [5.74, 6) is -0.741. The van der Waals surface area contributed by atoms with Crippen LogP contribution < -0.4 is 0 Å². The monoisotopic (exact) mass is 414 g/mol. The number of nitriles is 2. The highest BCUT2D eigenvalue weighted by Gasteiger charge is 2.29. The minimum Gasteiger partial charge on any atom is -0.508 e. The maximum absolute atomic E-state index is 13.3. The van der Waals surface area contributed by atoms with E-state index in [2.05, 4.69) is 12.6 Å². The second kappa shape index (κ2) is 10.9. The summed E-state index contributed by atoms with van der Waals surface area (Å²) in [6.45, 7) is 9.42. The van der Waals surface area contributed by atoms with Crippen LogP contribution in [-0.4, -0.2) is 24.1 Å². The SMILES string of the molecule is C=C/C(C)=C(/C(=O)COCCC#N)C(c1ccc(C#N)cc1C)c1cc(C)ccc1O. The fraction of sp³-hybridized carbons (Fsp3) is 0.269. The average Bonchev–Trinajstić information content (AvgIpc) is 2.76. The standard InChI is InChI=1S/C26H26N2O3/c1-5-18(3)25(24(30)16-31-12-6-11-27)26(22-13-17(2)7-10-23(22)29)21-9-8-20(15-28)14-19(21)4/h5,7-10,13-14,26,29H,1,6,12,16H2,2-4H3/b25-18-. The third-order valence-corrected chi connectivity index (χ3v) is 5.12. The van der Waals surface area contributed by atoms with Gasteiger partial charge in [0.1, 0.15) is 12.4 Å². The molecule has 1 atom stereocenters. The van der Waals surface area contributed by atoms with Crippen LogP contribution in [0, 0.1) is 36.5 Å². The van der Waals surface area contributed by atoms with Gasteiger partial charge in [-0.2, -0.15) is 10.5 Å². The Balaban J connectivity index is 2.71. The van der Waals surface area contributed by atoms with Crippen LogP contribution in [0.2, 0.25) is 0 Å². The molecular formula is C26H26N2O3. The zero-order chi connectivity index (χ0) is 23.0. The second-order valence-corrected chi connectivity index (χ2v) is 7.36. The van der Waals surface area contributed by atoms with Crippen molar-refractivity contribution in [2.24, 2.45) is 0 Å². The van der Waals surface area contributed by atoms with Crippen molar-refractivity contribution in [3.8, 4) is 17.9 Å². The molecular weight excluding hydrogens is 388 g/mol. The summed E-state index contributed by atoms with van der Waals surface area (Å²) in [6.07, 6.45) is 1.81. The molecule has 1 unspecified atom stereocenters. The number of allylic oxidation sites excluding steroid dienone is 2. The molecule has 0 aliphatic heterocycles. The van der Waals surface area contributed by atoms with Crippen LogP contribution >= 0.6 is 0 Å². The van der Waals surface area contributed by atoms with E-state index in [1.807, 2.05) is 32.0 Å². The largest absolute Gasteiger partial charge is 0.508 e. The van der Waals surface area contributed by atoms with Gasteiger partial charge in [0.15, 0.2) is 5.78 Å². The van der Waals surface area contributed by atoms with E-state index < -0.39 is 5.92 Å². The molecule has 0 saturated carbocycles. The lowest BCUT2D eigenvalue weighted by Gasteiger charge is -2.25. The van der Waals surface area contributed by atoms with Crippen LogP contribution in [0.15, 0.2) is 60.2 Å². The Labute approximate surface area is 183 Å². The van der Waals surface area contributed by atoms with Gasteiger partial charge in [-0.3, -0.25) is 4.79 Å². The topological polar surface area (TPSA) is 94.1 Å². The summed E-state index contributed by atoms with van der Waals surface area (Å²) >= 11 is 0. The lowest BCUT2D eigenvalue weighted by Crippen LogP contribution is -2.20. The number of rotatable bonds is 9. The smallest absolute Gasteiger partial charge is 0.185 e. The normalized spacial score (nSPS) is 12.3. The summed E-state index contributed by atoms with van der Waals surface area (Å²) in [7, 11) is 0. The zero-order valence-corrected chi connectivity index (χ0v) is 18.1. The Morgan fingerprint density at radius 1 is 1.19 bits per heavy atom. The predicted octanol–water partition coefficient (Wildman–Crippen LogP) is 5.01.